The summed E-state index contributed by atoms with van der Waals surface area (Å²) in [5, 5.41) is 3.51. The van der Waals surface area contributed by atoms with Crippen molar-refractivity contribution in [2.75, 3.05) is 18.5 Å². The topological polar surface area (TPSA) is 28.4 Å². The number of anilines is 1. The molecule has 0 spiro atoms. The molecular weight excluding hydrogens is 328 g/mol. The number of halogens is 1. The number of nitrogens with one attached hydrogen (secondary N) is 1. The van der Waals surface area contributed by atoms with Gasteiger partial charge < -0.3 is 14.6 Å². The summed E-state index contributed by atoms with van der Waals surface area (Å²) < 4.78 is 6.52. The monoisotopic (exact) mass is 350 g/mol. The molecule has 1 heterocycles. The normalized spacial score (nSPS) is 12.4. The number of benzene rings is 1. The summed E-state index contributed by atoms with van der Waals surface area (Å²) in [6, 6.07) is 10.8. The fourth-order valence-corrected chi connectivity index (χ4v) is 3.00. The zero-order valence-corrected chi connectivity index (χ0v) is 14.5. The van der Waals surface area contributed by atoms with E-state index in [1.54, 1.807) is 6.26 Å². The van der Waals surface area contributed by atoms with E-state index in [2.05, 4.69) is 65.2 Å². The van der Waals surface area contributed by atoms with Gasteiger partial charge in [-0.2, -0.15) is 0 Å². The Morgan fingerprint density at radius 3 is 2.76 bits per heavy atom. The minimum Gasteiger partial charge on any atom is -0.467 e. The molecule has 0 bridgehead atoms. The van der Waals surface area contributed by atoms with Crippen LogP contribution in [0, 0.1) is 0 Å². The van der Waals surface area contributed by atoms with Gasteiger partial charge in [0.05, 0.1) is 18.5 Å². The largest absolute Gasteiger partial charge is 0.467 e. The highest BCUT2D eigenvalue weighted by atomic mass is 79.9. The minimum atomic E-state index is 0.366. The molecule has 0 fully saturated rings. The number of hydrogen-bond donors (Lipinski definition) is 1. The van der Waals surface area contributed by atoms with Gasteiger partial charge in [-0.25, -0.2) is 0 Å². The van der Waals surface area contributed by atoms with Crippen molar-refractivity contribution in [3.05, 3.63) is 52.4 Å². The third-order valence-electron chi connectivity index (χ3n) is 3.56. The fraction of sp³-hybridized carbons (Fsp3) is 0.412. The van der Waals surface area contributed by atoms with Crippen molar-refractivity contribution < 1.29 is 4.42 Å². The zero-order chi connectivity index (χ0) is 15.2. The van der Waals surface area contributed by atoms with Gasteiger partial charge >= 0.3 is 0 Å². The molecule has 2 rings (SSSR count). The predicted molar refractivity (Wildman–Crippen MR) is 91.7 cm³/mol. The van der Waals surface area contributed by atoms with E-state index in [4.69, 9.17) is 4.42 Å². The summed E-state index contributed by atoms with van der Waals surface area (Å²) in [7, 11) is 2.07. The lowest BCUT2D eigenvalue weighted by Gasteiger charge is -2.21. The van der Waals surface area contributed by atoms with Crippen molar-refractivity contribution in [1.29, 1.82) is 0 Å². The van der Waals surface area contributed by atoms with Crippen LogP contribution < -0.4 is 10.2 Å². The predicted octanol–water partition coefficient (Wildman–Crippen LogP) is 4.74. The van der Waals surface area contributed by atoms with E-state index < -0.39 is 0 Å². The molecule has 1 aromatic carbocycles. The van der Waals surface area contributed by atoms with Gasteiger partial charge in [-0.15, -0.1) is 0 Å². The summed E-state index contributed by atoms with van der Waals surface area (Å²) in [6.45, 7) is 6.18. The van der Waals surface area contributed by atoms with E-state index in [-0.39, 0.29) is 0 Å². The Bertz CT molecular complexity index is 554. The highest BCUT2D eigenvalue weighted by molar-refractivity contribution is 9.10. The van der Waals surface area contributed by atoms with E-state index in [9.17, 15) is 0 Å². The standard InChI is InChI=1S/C17H23BrN2O/c1-4-9-19-13(2)14-7-8-17(16(18)11-14)20(3)12-15-6-5-10-21-15/h5-8,10-11,13,19H,4,9,12H2,1-3H3. The van der Waals surface area contributed by atoms with Gasteiger partial charge in [-0.05, 0) is 65.6 Å². The molecule has 114 valence electrons. The van der Waals surface area contributed by atoms with Gasteiger partial charge in [0.15, 0.2) is 0 Å². The third kappa shape index (κ3) is 4.35. The third-order valence-corrected chi connectivity index (χ3v) is 4.19. The van der Waals surface area contributed by atoms with Crippen molar-refractivity contribution in [3.8, 4) is 0 Å². The Hall–Kier alpha value is -1.26. The first-order chi connectivity index (χ1) is 10.1. The van der Waals surface area contributed by atoms with Crippen molar-refractivity contribution in [3.63, 3.8) is 0 Å². The van der Waals surface area contributed by atoms with Crippen molar-refractivity contribution >= 4 is 21.6 Å². The summed E-state index contributed by atoms with van der Waals surface area (Å²) in [5.41, 5.74) is 2.46. The first-order valence-electron chi connectivity index (χ1n) is 7.38. The molecular formula is C17H23BrN2O. The van der Waals surface area contributed by atoms with Crippen LogP contribution in [0.2, 0.25) is 0 Å². The van der Waals surface area contributed by atoms with Crippen LogP contribution in [0.5, 0.6) is 0 Å². The molecule has 0 saturated carbocycles. The van der Waals surface area contributed by atoms with Crippen molar-refractivity contribution in [2.45, 2.75) is 32.9 Å². The molecule has 3 nitrogen and oxygen atoms in total. The van der Waals surface area contributed by atoms with Crippen LogP contribution in [0.3, 0.4) is 0 Å². The van der Waals surface area contributed by atoms with Gasteiger partial charge in [-0.1, -0.05) is 13.0 Å². The quantitative estimate of drug-likeness (QED) is 0.781. The van der Waals surface area contributed by atoms with E-state index in [0.717, 1.165) is 35.4 Å². The van der Waals surface area contributed by atoms with E-state index in [0.29, 0.717) is 6.04 Å². The van der Waals surface area contributed by atoms with Crippen LogP contribution in [0.15, 0.2) is 45.5 Å². The molecule has 0 amide bonds. The summed E-state index contributed by atoms with van der Waals surface area (Å²) in [5.74, 6) is 0.964. The smallest absolute Gasteiger partial charge is 0.123 e. The molecule has 0 aliphatic carbocycles. The second-order valence-electron chi connectivity index (χ2n) is 5.32. The lowest BCUT2D eigenvalue weighted by atomic mass is 10.1. The first-order valence-corrected chi connectivity index (χ1v) is 8.17. The van der Waals surface area contributed by atoms with E-state index >= 15 is 0 Å². The second-order valence-corrected chi connectivity index (χ2v) is 6.18. The van der Waals surface area contributed by atoms with Gasteiger partial charge in [0.2, 0.25) is 0 Å². The van der Waals surface area contributed by atoms with Crippen molar-refractivity contribution in [2.24, 2.45) is 0 Å². The van der Waals surface area contributed by atoms with Crippen LogP contribution in [-0.4, -0.2) is 13.6 Å². The molecule has 21 heavy (non-hydrogen) atoms. The number of nitrogens with zero attached hydrogens (tertiary/aromatic N) is 1. The average molecular weight is 351 g/mol. The molecule has 1 aromatic heterocycles. The van der Waals surface area contributed by atoms with Gasteiger partial charge in [0.1, 0.15) is 5.76 Å². The lowest BCUT2D eigenvalue weighted by molar-refractivity contribution is 0.507. The Kier molecular flexibility index (Phi) is 5.88. The Morgan fingerprint density at radius 1 is 1.33 bits per heavy atom. The number of hydrogen-bond acceptors (Lipinski definition) is 3. The van der Waals surface area contributed by atoms with Gasteiger partial charge in [-0.3, -0.25) is 0 Å². The van der Waals surface area contributed by atoms with E-state index in [1.807, 2.05) is 12.1 Å². The maximum absolute atomic E-state index is 5.40. The second kappa shape index (κ2) is 7.66. The maximum Gasteiger partial charge on any atom is 0.123 e. The molecule has 2 aromatic rings. The maximum atomic E-state index is 5.40. The van der Waals surface area contributed by atoms with Crippen LogP contribution >= 0.6 is 15.9 Å². The highest BCUT2D eigenvalue weighted by Gasteiger charge is 2.11. The van der Waals surface area contributed by atoms with Gasteiger partial charge in [0.25, 0.3) is 0 Å². The molecule has 1 unspecified atom stereocenters. The summed E-state index contributed by atoms with van der Waals surface area (Å²) in [6.07, 6.45) is 2.86. The van der Waals surface area contributed by atoms with Crippen LogP contribution in [0.4, 0.5) is 5.69 Å². The van der Waals surface area contributed by atoms with E-state index in [1.165, 1.54) is 5.56 Å². The molecule has 0 radical (unpaired) electrons. The van der Waals surface area contributed by atoms with Gasteiger partial charge in [0, 0.05) is 17.6 Å². The molecule has 4 heteroatoms. The highest BCUT2D eigenvalue weighted by Crippen LogP contribution is 2.29. The number of furan rings is 1. The molecule has 0 aliphatic heterocycles. The summed E-state index contributed by atoms with van der Waals surface area (Å²) >= 11 is 3.69. The Labute approximate surface area is 135 Å². The SMILES string of the molecule is CCCNC(C)c1ccc(N(C)Cc2ccco2)c(Br)c1. The number of rotatable bonds is 7. The van der Waals surface area contributed by atoms with Crippen LogP contribution in [0.25, 0.3) is 0 Å². The molecule has 1 N–H and O–H groups in total. The lowest BCUT2D eigenvalue weighted by Crippen LogP contribution is -2.20. The minimum absolute atomic E-state index is 0.366. The zero-order valence-electron chi connectivity index (χ0n) is 12.9. The Morgan fingerprint density at radius 2 is 2.14 bits per heavy atom. The molecule has 1 atom stereocenters. The summed E-state index contributed by atoms with van der Waals surface area (Å²) in [4.78, 5) is 2.18. The molecule has 0 saturated heterocycles. The van der Waals surface area contributed by atoms with Crippen LogP contribution in [-0.2, 0) is 6.54 Å². The first kappa shape index (κ1) is 16.1. The van der Waals surface area contributed by atoms with Crippen LogP contribution in [0.1, 0.15) is 37.6 Å². The Balaban J connectivity index is 2.07. The fourth-order valence-electron chi connectivity index (χ4n) is 2.30. The van der Waals surface area contributed by atoms with Crippen molar-refractivity contribution in [1.82, 2.24) is 5.32 Å². The molecule has 0 aliphatic rings. The average Bonchev–Trinajstić information content (AvgIpc) is 2.97.